The normalized spacial score (nSPS) is 16.7. The van der Waals surface area contributed by atoms with E-state index in [1.165, 1.54) is 95.7 Å². The van der Waals surface area contributed by atoms with Crippen LogP contribution in [0.1, 0.15) is 111 Å². The minimum Gasteiger partial charge on any atom is -0.356 e. The highest BCUT2D eigenvalue weighted by Gasteiger charge is 2.26. The second-order valence-electron chi connectivity index (χ2n) is 8.11. The first kappa shape index (κ1) is 28.5. The average molecular weight is 435 g/mol. The van der Waals surface area contributed by atoms with Crippen LogP contribution in [0.25, 0.3) is 0 Å². The van der Waals surface area contributed by atoms with Crippen molar-refractivity contribution in [1.82, 2.24) is 9.80 Å². The van der Waals surface area contributed by atoms with E-state index < -0.39 is 7.82 Å². The molecule has 29 heavy (non-hydrogen) atoms. The van der Waals surface area contributed by atoms with Crippen molar-refractivity contribution in [1.29, 1.82) is 0 Å². The van der Waals surface area contributed by atoms with E-state index in [1.54, 1.807) is 0 Å². The quantitative estimate of drug-likeness (QED) is 0.217. The molecule has 0 aromatic rings. The van der Waals surface area contributed by atoms with Gasteiger partial charge in [-0.1, -0.05) is 91.4 Å². The summed E-state index contributed by atoms with van der Waals surface area (Å²) >= 11 is 0. The first-order valence-electron chi connectivity index (χ1n) is 11.7. The lowest BCUT2D eigenvalue weighted by Gasteiger charge is -2.30. The van der Waals surface area contributed by atoms with Crippen molar-refractivity contribution in [3.8, 4) is 0 Å². The fraction of sp³-hybridized carbons (Fsp3) is 0.909. The molecule has 6 nitrogen and oxygen atoms in total. The molecule has 0 saturated carbocycles. The molecule has 7 heteroatoms. The van der Waals surface area contributed by atoms with E-state index in [0.29, 0.717) is 6.17 Å². The fourth-order valence-corrected chi connectivity index (χ4v) is 3.98. The molecule has 1 atom stereocenters. The maximum absolute atomic E-state index is 8.88. The van der Waals surface area contributed by atoms with E-state index >= 15 is 0 Å². The maximum atomic E-state index is 8.88. The third kappa shape index (κ3) is 15.9. The van der Waals surface area contributed by atoms with Crippen molar-refractivity contribution < 1.29 is 19.2 Å². The summed E-state index contributed by atoms with van der Waals surface area (Å²) in [7, 11) is -2.38. The Morgan fingerprint density at radius 1 is 0.828 bits per heavy atom. The van der Waals surface area contributed by atoms with Gasteiger partial charge in [0.25, 0.3) is 0 Å². The van der Waals surface area contributed by atoms with Crippen LogP contribution in [-0.2, 0) is 4.57 Å². The molecule has 1 heterocycles. The van der Waals surface area contributed by atoms with E-state index in [0.717, 1.165) is 6.42 Å². The zero-order valence-electron chi connectivity index (χ0n) is 19.4. The van der Waals surface area contributed by atoms with Crippen LogP contribution < -0.4 is 0 Å². The molecule has 0 spiro atoms. The smallest absolute Gasteiger partial charge is 0.356 e. The summed E-state index contributed by atoms with van der Waals surface area (Å²) in [5.74, 6) is 0. The van der Waals surface area contributed by atoms with Gasteiger partial charge in [-0.15, -0.1) is 0 Å². The first-order valence-corrected chi connectivity index (χ1v) is 13.3. The first-order chi connectivity index (χ1) is 13.7. The van der Waals surface area contributed by atoms with E-state index in [4.69, 9.17) is 19.2 Å². The SMILES string of the molecule is CCCCCCCCCCCCCCN1C=C(CC)N(C)C1CC.O=P(O)(O)O. The van der Waals surface area contributed by atoms with Gasteiger partial charge in [-0.2, -0.15) is 0 Å². The van der Waals surface area contributed by atoms with Crippen LogP contribution in [0.15, 0.2) is 11.9 Å². The topological polar surface area (TPSA) is 84.2 Å². The molecule has 0 aromatic heterocycles. The Balaban J connectivity index is 0.00000139. The Labute approximate surface area is 179 Å². The monoisotopic (exact) mass is 434 g/mol. The predicted octanol–water partition coefficient (Wildman–Crippen LogP) is 5.99. The van der Waals surface area contributed by atoms with E-state index in [9.17, 15) is 0 Å². The minimum absolute atomic E-state index is 0.604. The lowest BCUT2D eigenvalue weighted by Crippen LogP contribution is -2.37. The number of nitrogens with zero attached hydrogens (tertiary/aromatic N) is 2. The standard InChI is InChI=1S/C22H44N2.H3O4P/c1-5-8-9-10-11-12-13-14-15-16-17-18-19-24-20-21(6-2)23(4)22(24)7-3;1-5(2,3)4/h20,22H,5-19H2,1-4H3;(H3,1,2,3,4). The van der Waals surface area contributed by atoms with Crippen LogP contribution >= 0.6 is 7.82 Å². The minimum atomic E-state index is -4.64. The third-order valence-corrected chi connectivity index (χ3v) is 5.60. The number of hydrogen-bond acceptors (Lipinski definition) is 3. The summed E-state index contributed by atoms with van der Waals surface area (Å²) < 4.78 is 8.88. The van der Waals surface area contributed by atoms with Crippen molar-refractivity contribution in [2.24, 2.45) is 0 Å². The van der Waals surface area contributed by atoms with Gasteiger partial charge < -0.3 is 24.5 Å². The Bertz CT molecular complexity index is 459. The van der Waals surface area contributed by atoms with E-state index in [-0.39, 0.29) is 0 Å². The highest BCUT2D eigenvalue weighted by Crippen LogP contribution is 2.26. The zero-order chi connectivity index (χ0) is 22.1. The molecule has 1 unspecified atom stereocenters. The van der Waals surface area contributed by atoms with Gasteiger partial charge >= 0.3 is 7.82 Å². The third-order valence-electron chi connectivity index (χ3n) is 5.60. The van der Waals surface area contributed by atoms with Crippen molar-refractivity contribution in [3.63, 3.8) is 0 Å². The molecule has 1 aliphatic heterocycles. The Morgan fingerprint density at radius 2 is 1.24 bits per heavy atom. The fourth-order valence-electron chi connectivity index (χ4n) is 3.98. The highest BCUT2D eigenvalue weighted by molar-refractivity contribution is 7.45. The van der Waals surface area contributed by atoms with Crippen LogP contribution in [0.2, 0.25) is 0 Å². The highest BCUT2D eigenvalue weighted by atomic mass is 31.2. The van der Waals surface area contributed by atoms with Gasteiger partial charge in [0.2, 0.25) is 0 Å². The van der Waals surface area contributed by atoms with Gasteiger partial charge in [-0.25, -0.2) is 4.57 Å². The van der Waals surface area contributed by atoms with Gasteiger partial charge in [-0.3, -0.25) is 0 Å². The molecule has 174 valence electrons. The van der Waals surface area contributed by atoms with Gasteiger partial charge in [-0.05, 0) is 19.3 Å². The lowest BCUT2D eigenvalue weighted by atomic mass is 10.1. The molecular weight excluding hydrogens is 387 g/mol. The largest absolute Gasteiger partial charge is 0.466 e. The van der Waals surface area contributed by atoms with Crippen LogP contribution in [0.4, 0.5) is 0 Å². The molecule has 1 rings (SSSR count). The summed E-state index contributed by atoms with van der Waals surface area (Å²) in [6.07, 6.45) is 22.6. The molecule has 0 bridgehead atoms. The number of unbranched alkanes of at least 4 members (excludes halogenated alkanes) is 11. The van der Waals surface area contributed by atoms with Crippen LogP contribution in [0.3, 0.4) is 0 Å². The molecule has 3 N–H and O–H groups in total. The molecule has 0 aliphatic carbocycles. The molecule has 0 amide bonds. The van der Waals surface area contributed by atoms with Gasteiger partial charge in [0.1, 0.15) is 6.17 Å². The number of hydrogen-bond donors (Lipinski definition) is 3. The Hall–Kier alpha value is -0.550. The average Bonchev–Trinajstić information content (AvgIpc) is 2.96. The van der Waals surface area contributed by atoms with Gasteiger partial charge in [0, 0.05) is 25.5 Å². The predicted molar refractivity (Wildman–Crippen MR) is 122 cm³/mol. The van der Waals surface area contributed by atoms with Gasteiger partial charge in [0.05, 0.1) is 0 Å². The van der Waals surface area contributed by atoms with E-state index in [2.05, 4.69) is 43.8 Å². The van der Waals surface area contributed by atoms with Crippen LogP contribution in [0, 0.1) is 0 Å². The van der Waals surface area contributed by atoms with Crippen LogP contribution in [-0.4, -0.2) is 44.2 Å². The zero-order valence-corrected chi connectivity index (χ0v) is 20.2. The number of phosphoric acid groups is 1. The molecule has 0 aromatic carbocycles. The Kier molecular flexibility index (Phi) is 16.8. The second-order valence-corrected chi connectivity index (χ2v) is 9.14. The maximum Gasteiger partial charge on any atom is 0.466 e. The molecule has 0 saturated heterocycles. The summed E-state index contributed by atoms with van der Waals surface area (Å²) in [4.78, 5) is 26.6. The number of rotatable bonds is 15. The molecule has 1 aliphatic rings. The summed E-state index contributed by atoms with van der Waals surface area (Å²) in [5.41, 5.74) is 1.50. The molecule has 0 radical (unpaired) electrons. The Morgan fingerprint density at radius 3 is 1.62 bits per heavy atom. The van der Waals surface area contributed by atoms with Crippen LogP contribution in [0.5, 0.6) is 0 Å². The summed E-state index contributed by atoms with van der Waals surface area (Å²) in [6.45, 7) is 8.11. The van der Waals surface area contributed by atoms with Crippen molar-refractivity contribution >= 4 is 7.82 Å². The molecule has 0 fully saturated rings. The second kappa shape index (κ2) is 17.2. The molecular formula is C22H47N2O4P. The summed E-state index contributed by atoms with van der Waals surface area (Å²) in [5, 5.41) is 0. The number of allylic oxidation sites excluding steroid dienone is 1. The van der Waals surface area contributed by atoms with E-state index in [1.807, 2.05) is 0 Å². The van der Waals surface area contributed by atoms with Crippen molar-refractivity contribution in [2.75, 3.05) is 13.6 Å². The lowest BCUT2D eigenvalue weighted by molar-refractivity contribution is 0.160. The van der Waals surface area contributed by atoms with Gasteiger partial charge in [0.15, 0.2) is 0 Å². The van der Waals surface area contributed by atoms with Crippen molar-refractivity contribution in [2.45, 2.75) is 117 Å². The summed E-state index contributed by atoms with van der Waals surface area (Å²) in [6, 6.07) is 0. The van der Waals surface area contributed by atoms with Crippen molar-refractivity contribution in [3.05, 3.63) is 11.9 Å².